The third-order valence-electron chi connectivity index (χ3n) is 6.43. The van der Waals surface area contributed by atoms with Crippen LogP contribution in [0.15, 0.2) is 23.3 Å². The van der Waals surface area contributed by atoms with Crippen LogP contribution in [-0.4, -0.2) is 36.7 Å². The number of carbonyl (C=O) groups excluding carboxylic acids is 4. The average Bonchev–Trinajstić information content (AvgIpc) is 2.75. The number of carbonyl (C=O) groups is 4. The van der Waals surface area contributed by atoms with E-state index in [-0.39, 0.29) is 23.5 Å². The van der Waals surface area contributed by atoms with E-state index in [2.05, 4.69) is 0 Å². The smallest absolute Gasteiger partial charge is 0.305 e. The quantitative estimate of drug-likeness (QED) is 0.153. The van der Waals surface area contributed by atoms with Crippen molar-refractivity contribution in [2.75, 3.05) is 13.2 Å². The van der Waals surface area contributed by atoms with Crippen molar-refractivity contribution in [3.8, 4) is 0 Å². The molecule has 6 heteroatoms. The molecule has 0 radical (unpaired) electrons. The molecule has 0 spiro atoms. The third-order valence-corrected chi connectivity index (χ3v) is 6.43. The molecule has 0 aromatic rings. The SMILES string of the molecule is CCCCOC(=O)CCCC(C)(C)C1=CC(=O)C(C(C)(C)CCCC(=O)OCCCC)=CC1=O. The van der Waals surface area contributed by atoms with Gasteiger partial charge in [-0.25, -0.2) is 0 Å². The Morgan fingerprint density at radius 2 is 1.03 bits per heavy atom. The third kappa shape index (κ3) is 9.94. The first-order valence-corrected chi connectivity index (χ1v) is 12.8. The summed E-state index contributed by atoms with van der Waals surface area (Å²) in [6, 6.07) is 0. The van der Waals surface area contributed by atoms with Crippen molar-refractivity contribution in [1.82, 2.24) is 0 Å². The van der Waals surface area contributed by atoms with Crippen molar-refractivity contribution < 1.29 is 28.7 Å². The summed E-state index contributed by atoms with van der Waals surface area (Å²) in [5, 5.41) is 0. The maximum absolute atomic E-state index is 13.0. The first kappa shape index (κ1) is 29.8. The summed E-state index contributed by atoms with van der Waals surface area (Å²) < 4.78 is 10.4. The van der Waals surface area contributed by atoms with Gasteiger partial charge < -0.3 is 9.47 Å². The van der Waals surface area contributed by atoms with Gasteiger partial charge in [0, 0.05) is 24.0 Å². The molecule has 0 fully saturated rings. The first-order chi connectivity index (χ1) is 15.9. The van der Waals surface area contributed by atoms with E-state index in [9.17, 15) is 19.2 Å². The Kier molecular flexibility index (Phi) is 12.5. The highest BCUT2D eigenvalue weighted by atomic mass is 16.5. The Bertz CT molecular complexity index is 719. The molecule has 34 heavy (non-hydrogen) atoms. The second-order valence-corrected chi connectivity index (χ2v) is 10.5. The van der Waals surface area contributed by atoms with Crippen molar-refractivity contribution in [3.05, 3.63) is 23.3 Å². The van der Waals surface area contributed by atoms with Gasteiger partial charge in [0.1, 0.15) is 0 Å². The lowest BCUT2D eigenvalue weighted by atomic mass is 9.70. The number of rotatable bonds is 16. The van der Waals surface area contributed by atoms with E-state index < -0.39 is 10.8 Å². The summed E-state index contributed by atoms with van der Waals surface area (Å²) >= 11 is 0. The van der Waals surface area contributed by atoms with Crippen LogP contribution in [0.2, 0.25) is 0 Å². The van der Waals surface area contributed by atoms with Crippen molar-refractivity contribution in [2.24, 2.45) is 10.8 Å². The number of hydrogen-bond acceptors (Lipinski definition) is 6. The largest absolute Gasteiger partial charge is 0.466 e. The normalized spacial score (nSPS) is 14.5. The van der Waals surface area contributed by atoms with Crippen molar-refractivity contribution in [3.63, 3.8) is 0 Å². The fourth-order valence-corrected chi connectivity index (χ4v) is 4.04. The zero-order valence-corrected chi connectivity index (χ0v) is 22.1. The second kappa shape index (κ2) is 14.2. The standard InChI is InChI=1S/C28H44O6/c1-7-9-17-33-25(31)13-11-15-27(3,4)21-19-24(30)22(20-23(21)29)28(5,6)16-12-14-26(32)34-18-10-8-2/h19-20H,7-18H2,1-6H3. The maximum Gasteiger partial charge on any atom is 0.305 e. The lowest BCUT2D eigenvalue weighted by Gasteiger charge is -2.32. The van der Waals surface area contributed by atoms with Crippen LogP contribution in [0.4, 0.5) is 0 Å². The fourth-order valence-electron chi connectivity index (χ4n) is 4.04. The molecule has 0 aromatic heterocycles. The van der Waals surface area contributed by atoms with Crippen LogP contribution in [0.1, 0.15) is 106 Å². The molecule has 0 aliphatic heterocycles. The molecule has 1 rings (SSSR count). The fraction of sp³-hybridized carbons (Fsp3) is 0.714. The molecular weight excluding hydrogens is 432 g/mol. The van der Waals surface area contributed by atoms with Crippen LogP contribution in [0, 0.1) is 10.8 Å². The molecule has 0 heterocycles. The monoisotopic (exact) mass is 476 g/mol. The molecular formula is C28H44O6. The predicted octanol–water partition coefficient (Wildman–Crippen LogP) is 6.07. The van der Waals surface area contributed by atoms with Crippen LogP contribution >= 0.6 is 0 Å². The van der Waals surface area contributed by atoms with Gasteiger partial charge in [-0.2, -0.15) is 0 Å². The highest BCUT2D eigenvalue weighted by Gasteiger charge is 2.36. The van der Waals surface area contributed by atoms with Crippen molar-refractivity contribution >= 4 is 23.5 Å². The van der Waals surface area contributed by atoms with E-state index in [0.29, 0.717) is 62.9 Å². The predicted molar refractivity (Wildman–Crippen MR) is 133 cm³/mol. The number of ether oxygens (including phenoxy) is 2. The van der Waals surface area contributed by atoms with E-state index in [1.165, 1.54) is 12.2 Å². The van der Waals surface area contributed by atoms with Gasteiger partial charge in [-0.3, -0.25) is 19.2 Å². The molecule has 0 N–H and O–H groups in total. The summed E-state index contributed by atoms with van der Waals surface area (Å²) in [4.78, 5) is 49.7. The molecule has 0 saturated carbocycles. The Hall–Kier alpha value is -2.24. The molecule has 0 aromatic carbocycles. The summed E-state index contributed by atoms with van der Waals surface area (Å²) in [6.07, 6.45) is 9.60. The molecule has 0 unspecified atom stereocenters. The van der Waals surface area contributed by atoms with Crippen molar-refractivity contribution in [1.29, 1.82) is 0 Å². The molecule has 0 bridgehead atoms. The Morgan fingerprint density at radius 3 is 1.35 bits per heavy atom. The summed E-state index contributed by atoms with van der Waals surface area (Å²) in [6.45, 7) is 12.7. The van der Waals surface area contributed by atoms with Crippen LogP contribution < -0.4 is 0 Å². The van der Waals surface area contributed by atoms with E-state index in [4.69, 9.17) is 9.47 Å². The molecule has 192 valence electrons. The minimum absolute atomic E-state index is 0.155. The molecule has 0 atom stereocenters. The summed E-state index contributed by atoms with van der Waals surface area (Å²) in [5.41, 5.74) is -0.0813. The average molecular weight is 477 g/mol. The Morgan fingerprint density at radius 1 is 0.676 bits per heavy atom. The minimum atomic E-state index is -0.523. The molecule has 0 saturated heterocycles. The molecule has 1 aliphatic carbocycles. The van der Waals surface area contributed by atoms with E-state index in [0.717, 1.165) is 25.7 Å². The van der Waals surface area contributed by atoms with Crippen LogP contribution in [0.25, 0.3) is 0 Å². The minimum Gasteiger partial charge on any atom is -0.466 e. The molecule has 0 amide bonds. The first-order valence-electron chi connectivity index (χ1n) is 12.8. The molecule has 6 nitrogen and oxygen atoms in total. The number of ketones is 2. The topological polar surface area (TPSA) is 86.7 Å². The number of allylic oxidation sites excluding steroid dienone is 4. The number of unbranched alkanes of at least 4 members (excludes halogenated alkanes) is 2. The van der Waals surface area contributed by atoms with Crippen LogP contribution in [0.3, 0.4) is 0 Å². The van der Waals surface area contributed by atoms with Crippen molar-refractivity contribution in [2.45, 2.75) is 106 Å². The lowest BCUT2D eigenvalue weighted by Crippen LogP contribution is -2.30. The van der Waals surface area contributed by atoms with Crippen LogP contribution in [0.5, 0.6) is 0 Å². The molecule has 1 aliphatic rings. The maximum atomic E-state index is 13.0. The van der Waals surface area contributed by atoms with Gasteiger partial charge in [0.15, 0.2) is 11.6 Å². The summed E-state index contributed by atoms with van der Waals surface area (Å²) in [7, 11) is 0. The summed E-state index contributed by atoms with van der Waals surface area (Å²) in [5.74, 6) is -0.751. The van der Waals surface area contributed by atoms with Gasteiger partial charge in [0.2, 0.25) is 0 Å². The lowest BCUT2D eigenvalue weighted by molar-refractivity contribution is -0.144. The Labute approximate surface area is 205 Å². The van der Waals surface area contributed by atoms with E-state index in [1.807, 2.05) is 41.5 Å². The zero-order chi connectivity index (χ0) is 25.8. The van der Waals surface area contributed by atoms with Gasteiger partial charge >= 0.3 is 11.9 Å². The number of esters is 2. The Balaban J connectivity index is 2.65. The van der Waals surface area contributed by atoms with Gasteiger partial charge in [0.25, 0.3) is 0 Å². The van der Waals surface area contributed by atoms with Gasteiger partial charge in [0.05, 0.1) is 13.2 Å². The van der Waals surface area contributed by atoms with Gasteiger partial charge in [-0.15, -0.1) is 0 Å². The van der Waals surface area contributed by atoms with Gasteiger partial charge in [-0.05, 0) is 61.5 Å². The zero-order valence-electron chi connectivity index (χ0n) is 22.1. The van der Waals surface area contributed by atoms with E-state index >= 15 is 0 Å². The van der Waals surface area contributed by atoms with Crippen LogP contribution in [-0.2, 0) is 28.7 Å². The second-order valence-electron chi connectivity index (χ2n) is 10.5. The number of hydrogen-bond donors (Lipinski definition) is 0. The van der Waals surface area contributed by atoms with E-state index in [1.54, 1.807) is 0 Å². The highest BCUT2D eigenvalue weighted by Crippen LogP contribution is 2.40. The highest BCUT2D eigenvalue weighted by molar-refractivity contribution is 6.20. The van der Waals surface area contributed by atoms with Gasteiger partial charge in [-0.1, -0.05) is 54.4 Å².